The molecule has 6 rings (SSSR count). The third-order valence-electron chi connectivity index (χ3n) is 7.51. The largest absolute Gasteiger partial charge is 0.465 e. The number of hydrogen-bond acceptors (Lipinski definition) is 7. The first kappa shape index (κ1) is 28.1. The maximum absolute atomic E-state index is 13.9. The zero-order valence-corrected chi connectivity index (χ0v) is 22.8. The molecule has 1 aromatic carbocycles. The summed E-state index contributed by atoms with van der Waals surface area (Å²) in [5.74, 6) is -1.30. The topological polar surface area (TPSA) is 171 Å². The highest BCUT2D eigenvalue weighted by Gasteiger charge is 2.57. The molecule has 2 aliphatic rings. The van der Waals surface area contributed by atoms with Crippen molar-refractivity contribution < 1.29 is 32.7 Å². The molecule has 3 amide bonds. The predicted octanol–water partition coefficient (Wildman–Crippen LogP) is 3.53. The second-order valence-electron chi connectivity index (χ2n) is 10.1. The van der Waals surface area contributed by atoms with Crippen molar-refractivity contribution in [3.05, 3.63) is 65.0 Å². The number of piperidine rings is 1. The van der Waals surface area contributed by atoms with Gasteiger partial charge in [-0.15, -0.1) is 0 Å². The third kappa shape index (κ3) is 5.13. The van der Waals surface area contributed by atoms with Gasteiger partial charge in [0.2, 0.25) is 0 Å². The number of likely N-dealkylation sites (tertiary alicyclic amines) is 1. The summed E-state index contributed by atoms with van der Waals surface area (Å²) in [6.45, 7) is 0.718. The molecule has 3 aromatic heterocycles. The van der Waals surface area contributed by atoms with Gasteiger partial charge in [0.05, 0.1) is 28.0 Å². The molecule has 4 aromatic rings. The first-order chi connectivity index (χ1) is 20.4. The highest BCUT2D eigenvalue weighted by atomic mass is 35.5. The smallest absolute Gasteiger partial charge is 0.435 e. The number of anilines is 1. The number of alkyl halides is 3. The van der Waals surface area contributed by atoms with Crippen LogP contribution < -0.4 is 10.6 Å². The average molecular weight is 616 g/mol. The molecule has 3 atom stereocenters. The molecule has 1 aliphatic carbocycles. The number of benzene rings is 1. The first-order valence-corrected chi connectivity index (χ1v) is 13.2. The lowest BCUT2D eigenvalue weighted by Crippen LogP contribution is -2.36. The lowest BCUT2D eigenvalue weighted by molar-refractivity contribution is -0.140. The van der Waals surface area contributed by atoms with E-state index in [-0.39, 0.29) is 62.8 Å². The fraction of sp³-hybridized carbons (Fsp3) is 0.269. The van der Waals surface area contributed by atoms with Crippen LogP contribution in [0.3, 0.4) is 0 Å². The van der Waals surface area contributed by atoms with Gasteiger partial charge in [0, 0.05) is 56.1 Å². The molecule has 0 unspecified atom stereocenters. The summed E-state index contributed by atoms with van der Waals surface area (Å²) in [4.78, 5) is 50.3. The number of fused-ring (bicyclic) bond motifs is 1. The van der Waals surface area contributed by atoms with Gasteiger partial charge >= 0.3 is 12.3 Å². The van der Waals surface area contributed by atoms with Crippen LogP contribution in [0.4, 0.5) is 23.7 Å². The van der Waals surface area contributed by atoms with E-state index in [4.69, 9.17) is 16.7 Å². The van der Waals surface area contributed by atoms with E-state index in [1.165, 1.54) is 53.2 Å². The molecule has 0 bridgehead atoms. The van der Waals surface area contributed by atoms with Crippen molar-refractivity contribution in [1.82, 2.24) is 39.9 Å². The Morgan fingerprint density at radius 1 is 1.09 bits per heavy atom. The van der Waals surface area contributed by atoms with E-state index in [2.05, 4.69) is 35.8 Å². The van der Waals surface area contributed by atoms with Crippen molar-refractivity contribution >= 4 is 35.2 Å². The minimum Gasteiger partial charge on any atom is -0.465 e. The van der Waals surface area contributed by atoms with Gasteiger partial charge in [-0.2, -0.15) is 18.3 Å². The zero-order valence-electron chi connectivity index (χ0n) is 22.1. The number of amides is 3. The Morgan fingerprint density at radius 3 is 2.42 bits per heavy atom. The van der Waals surface area contributed by atoms with Gasteiger partial charge in [0.1, 0.15) is 5.69 Å². The molecule has 13 nitrogen and oxygen atoms in total. The van der Waals surface area contributed by atoms with E-state index in [1.807, 2.05) is 0 Å². The molecule has 1 aliphatic heterocycles. The highest BCUT2D eigenvalue weighted by Crippen LogP contribution is 2.45. The SMILES string of the molecule is Cn1c(-c2c(C(F)(F)F)n[nH]c2-c2ncccn2)cnc1C(=O)Nc1ccc(C(=O)N[C@@H]2[C@@H]3CN(C(=O)O)C[C@@H]32)c(Cl)c1. The monoisotopic (exact) mass is 615 g/mol. The van der Waals surface area contributed by atoms with Crippen LogP contribution in [-0.2, 0) is 13.2 Å². The Morgan fingerprint density at radius 2 is 1.79 bits per heavy atom. The summed E-state index contributed by atoms with van der Waals surface area (Å²) < 4.78 is 42.8. The number of H-pyrrole nitrogens is 1. The first-order valence-electron chi connectivity index (χ1n) is 12.8. The minimum absolute atomic E-state index is 0.0291. The van der Waals surface area contributed by atoms with Crippen molar-refractivity contribution in [3.63, 3.8) is 0 Å². The highest BCUT2D eigenvalue weighted by molar-refractivity contribution is 6.34. The Bertz CT molecular complexity index is 1750. The van der Waals surface area contributed by atoms with Gasteiger partial charge in [-0.05, 0) is 24.3 Å². The van der Waals surface area contributed by atoms with Crippen LogP contribution in [-0.4, -0.2) is 76.8 Å². The maximum atomic E-state index is 13.9. The number of rotatable bonds is 6. The molecule has 4 N–H and O–H groups in total. The molecule has 17 heteroatoms. The van der Waals surface area contributed by atoms with Crippen LogP contribution in [0.2, 0.25) is 5.02 Å². The Balaban J connectivity index is 1.18. The molecule has 43 heavy (non-hydrogen) atoms. The standard InChI is InChI=1S/C26H21ClF3N9O4/c1-38-16(17-19(21-31-5-2-6-32-21)36-37-20(17)26(28,29)30)8-33-22(38)24(41)34-11-3-4-12(15(27)7-11)23(40)35-18-13-9-39(25(42)43)10-14(13)18/h2-8,13-14,18H,9-10H2,1H3,(H,34,41)(H,35,40)(H,36,37)(H,42,43)/t13-,14+,18-. The summed E-state index contributed by atoms with van der Waals surface area (Å²) in [7, 11) is 1.38. The number of carbonyl (C=O) groups is 3. The third-order valence-corrected chi connectivity index (χ3v) is 7.82. The van der Waals surface area contributed by atoms with E-state index in [9.17, 15) is 27.6 Å². The van der Waals surface area contributed by atoms with E-state index in [0.717, 1.165) is 6.20 Å². The number of imidazole rings is 1. The molecule has 0 spiro atoms. The molecule has 1 saturated carbocycles. The van der Waals surface area contributed by atoms with Gasteiger partial charge in [0.25, 0.3) is 11.8 Å². The fourth-order valence-corrected chi connectivity index (χ4v) is 5.60. The van der Waals surface area contributed by atoms with Crippen LogP contribution in [0.1, 0.15) is 26.7 Å². The minimum atomic E-state index is -4.83. The van der Waals surface area contributed by atoms with Gasteiger partial charge in [-0.25, -0.2) is 19.7 Å². The Hall–Kier alpha value is -4.99. The van der Waals surface area contributed by atoms with E-state index >= 15 is 0 Å². The van der Waals surface area contributed by atoms with E-state index < -0.39 is 29.8 Å². The predicted molar refractivity (Wildman–Crippen MR) is 144 cm³/mol. The van der Waals surface area contributed by atoms with E-state index in [1.54, 1.807) is 0 Å². The number of aromatic nitrogens is 6. The molecule has 222 valence electrons. The van der Waals surface area contributed by atoms with Crippen molar-refractivity contribution in [2.75, 3.05) is 18.4 Å². The van der Waals surface area contributed by atoms with Crippen molar-refractivity contribution in [2.24, 2.45) is 18.9 Å². The van der Waals surface area contributed by atoms with Gasteiger partial charge in [-0.3, -0.25) is 14.7 Å². The van der Waals surface area contributed by atoms with Crippen LogP contribution in [0.25, 0.3) is 22.8 Å². The second-order valence-corrected chi connectivity index (χ2v) is 10.5. The van der Waals surface area contributed by atoms with Crippen molar-refractivity contribution in [1.29, 1.82) is 0 Å². The number of carboxylic acid groups (broad SMARTS) is 1. The van der Waals surface area contributed by atoms with Crippen LogP contribution >= 0.6 is 11.6 Å². The quantitative estimate of drug-likeness (QED) is 0.255. The lowest BCUT2D eigenvalue weighted by atomic mass is 10.1. The summed E-state index contributed by atoms with van der Waals surface area (Å²) in [5, 5.41) is 20.4. The van der Waals surface area contributed by atoms with Gasteiger partial charge < -0.3 is 25.2 Å². The van der Waals surface area contributed by atoms with E-state index in [0.29, 0.717) is 13.1 Å². The summed E-state index contributed by atoms with van der Waals surface area (Å²) >= 11 is 6.33. The number of hydrogen-bond donors (Lipinski definition) is 4. The number of nitrogens with one attached hydrogen (secondary N) is 3. The molecule has 0 radical (unpaired) electrons. The Kier molecular flexibility index (Phi) is 6.79. The van der Waals surface area contributed by atoms with Crippen LogP contribution in [0, 0.1) is 11.8 Å². The molecular weight excluding hydrogens is 595 g/mol. The Labute approximate surface area is 245 Å². The van der Waals surface area contributed by atoms with Crippen molar-refractivity contribution in [2.45, 2.75) is 12.2 Å². The zero-order chi connectivity index (χ0) is 30.6. The number of halogens is 4. The molecule has 4 heterocycles. The second kappa shape index (κ2) is 10.4. The number of carbonyl (C=O) groups excluding carboxylic acids is 2. The maximum Gasteiger partial charge on any atom is 0.435 e. The van der Waals surface area contributed by atoms with Crippen molar-refractivity contribution in [3.8, 4) is 22.8 Å². The van der Waals surface area contributed by atoms with Gasteiger partial charge in [0.15, 0.2) is 17.3 Å². The average Bonchev–Trinajstić information content (AvgIpc) is 3.39. The number of nitrogens with zero attached hydrogens (tertiary/aromatic N) is 6. The number of aromatic amines is 1. The lowest BCUT2D eigenvalue weighted by Gasteiger charge is -2.16. The van der Waals surface area contributed by atoms with Gasteiger partial charge in [-0.1, -0.05) is 11.6 Å². The summed E-state index contributed by atoms with van der Waals surface area (Å²) in [5.41, 5.74) is -1.38. The molecular formula is C26H21ClF3N9O4. The molecule has 1 saturated heterocycles. The normalized spacial score (nSPS) is 19.2. The summed E-state index contributed by atoms with van der Waals surface area (Å²) in [6.07, 6.45) is -1.96. The van der Waals surface area contributed by atoms with Crippen LogP contribution in [0.5, 0.6) is 0 Å². The molecule has 2 fully saturated rings. The fourth-order valence-electron chi connectivity index (χ4n) is 5.33. The summed E-state index contributed by atoms with van der Waals surface area (Å²) in [6, 6.07) is 5.60. The van der Waals surface area contributed by atoms with Crippen LogP contribution in [0.15, 0.2) is 42.9 Å².